The smallest absolute Gasteiger partial charge is 0.0949 e. The molecule has 3 aromatic rings. The number of hydrogen-bond acceptors (Lipinski definition) is 3. The number of pyridine rings is 1. The van der Waals surface area contributed by atoms with Gasteiger partial charge in [-0.15, -0.1) is 0 Å². The molecule has 2 aromatic carbocycles. The van der Waals surface area contributed by atoms with E-state index in [1.165, 1.54) is 16.5 Å². The van der Waals surface area contributed by atoms with Gasteiger partial charge in [0.1, 0.15) is 0 Å². The van der Waals surface area contributed by atoms with E-state index in [1.807, 2.05) is 12.1 Å². The van der Waals surface area contributed by atoms with Gasteiger partial charge in [-0.3, -0.25) is 4.98 Å². The molecule has 0 unspecified atom stereocenters. The monoisotopic (exact) mass is 363 g/mol. The van der Waals surface area contributed by atoms with E-state index in [-0.39, 0.29) is 5.76 Å². The highest BCUT2D eigenvalue weighted by atomic mass is 32.2. The Morgan fingerprint density at radius 1 is 0.923 bits per heavy atom. The molecule has 0 radical (unpaired) electrons. The normalized spacial score (nSPS) is 10.9. The zero-order chi connectivity index (χ0) is 18.2. The molecule has 1 N–H and O–H groups in total. The van der Waals surface area contributed by atoms with E-state index in [0.29, 0.717) is 5.75 Å². The molecule has 1 heterocycles. The van der Waals surface area contributed by atoms with Crippen LogP contribution < -0.4 is 0 Å². The summed E-state index contributed by atoms with van der Waals surface area (Å²) in [6.45, 7) is 3.51. The van der Waals surface area contributed by atoms with Crippen molar-refractivity contribution in [1.82, 2.24) is 4.98 Å². The van der Waals surface area contributed by atoms with Gasteiger partial charge in [0.25, 0.3) is 0 Å². The van der Waals surface area contributed by atoms with Crippen molar-refractivity contribution in [2.24, 2.45) is 0 Å². The molecule has 0 aliphatic rings. The zero-order valence-corrected chi connectivity index (χ0v) is 15.8. The third-order valence-electron chi connectivity index (χ3n) is 4.34. The van der Waals surface area contributed by atoms with Crippen LogP contribution in [0.3, 0.4) is 0 Å². The van der Waals surface area contributed by atoms with E-state index in [1.54, 1.807) is 11.8 Å². The maximum Gasteiger partial charge on any atom is 0.0949 e. The predicted molar refractivity (Wildman–Crippen MR) is 113 cm³/mol. The van der Waals surface area contributed by atoms with Gasteiger partial charge in [0.05, 0.1) is 17.0 Å². The first-order chi connectivity index (χ1) is 12.7. The second-order valence-corrected chi connectivity index (χ2v) is 7.64. The lowest BCUT2D eigenvalue weighted by Crippen LogP contribution is -1.96. The first-order valence-electron chi connectivity index (χ1n) is 9.08. The maximum atomic E-state index is 9.10. The van der Waals surface area contributed by atoms with Crippen LogP contribution in [0.25, 0.3) is 10.9 Å². The summed E-state index contributed by atoms with van der Waals surface area (Å²) < 4.78 is 0. The molecule has 134 valence electrons. The number of fused-ring (bicyclic) bond motifs is 1. The van der Waals surface area contributed by atoms with Crippen LogP contribution >= 0.6 is 11.8 Å². The first-order valence-corrected chi connectivity index (χ1v) is 10.2. The van der Waals surface area contributed by atoms with Crippen molar-refractivity contribution >= 4 is 22.7 Å². The summed E-state index contributed by atoms with van der Waals surface area (Å²) in [5.41, 5.74) is 4.97. The van der Waals surface area contributed by atoms with Gasteiger partial charge in [-0.25, -0.2) is 0 Å². The molecule has 0 spiro atoms. The van der Waals surface area contributed by atoms with Crippen LogP contribution in [-0.2, 0) is 19.3 Å². The number of aromatic nitrogens is 1. The lowest BCUT2D eigenvalue weighted by atomic mass is 10.0. The maximum absolute atomic E-state index is 9.10. The van der Waals surface area contributed by atoms with Crippen LogP contribution in [-0.4, -0.2) is 21.6 Å². The number of rotatable bonds is 9. The summed E-state index contributed by atoms with van der Waals surface area (Å²) in [7, 11) is 0. The highest BCUT2D eigenvalue weighted by molar-refractivity contribution is 7.99. The van der Waals surface area contributed by atoms with Crippen molar-refractivity contribution in [2.75, 3.05) is 11.5 Å². The van der Waals surface area contributed by atoms with Crippen molar-refractivity contribution in [3.05, 3.63) is 89.8 Å². The van der Waals surface area contributed by atoms with Crippen molar-refractivity contribution in [2.45, 2.75) is 25.7 Å². The Kier molecular flexibility index (Phi) is 6.73. The fourth-order valence-electron chi connectivity index (χ4n) is 3.03. The number of benzene rings is 2. The van der Waals surface area contributed by atoms with E-state index in [4.69, 9.17) is 10.1 Å². The van der Waals surface area contributed by atoms with E-state index < -0.39 is 0 Å². The SMILES string of the molecule is C=C(O)CSCCCc1cccc(CCc2ccc3ccccc3n2)c1. The average molecular weight is 364 g/mol. The quantitative estimate of drug-likeness (QED) is 0.388. The molecule has 0 aliphatic heterocycles. The van der Waals surface area contributed by atoms with Crippen LogP contribution in [0.5, 0.6) is 0 Å². The van der Waals surface area contributed by atoms with Crippen molar-refractivity contribution in [3.8, 4) is 0 Å². The minimum absolute atomic E-state index is 0.263. The highest BCUT2D eigenvalue weighted by Crippen LogP contribution is 2.15. The number of thioether (sulfide) groups is 1. The molecule has 1 aromatic heterocycles. The van der Waals surface area contributed by atoms with Gasteiger partial charge in [-0.05, 0) is 54.7 Å². The molecule has 0 aliphatic carbocycles. The van der Waals surface area contributed by atoms with E-state index >= 15 is 0 Å². The van der Waals surface area contributed by atoms with Gasteiger partial charge in [0.2, 0.25) is 0 Å². The van der Waals surface area contributed by atoms with Gasteiger partial charge in [-0.1, -0.05) is 55.1 Å². The van der Waals surface area contributed by atoms with E-state index in [0.717, 1.165) is 42.6 Å². The third kappa shape index (κ3) is 5.63. The molecule has 2 nitrogen and oxygen atoms in total. The lowest BCUT2D eigenvalue weighted by Gasteiger charge is -2.07. The minimum atomic E-state index is 0.263. The number of aliphatic hydroxyl groups excluding tert-OH is 1. The molecule has 0 saturated carbocycles. The Morgan fingerprint density at radius 3 is 2.58 bits per heavy atom. The summed E-state index contributed by atoms with van der Waals surface area (Å²) >= 11 is 1.74. The third-order valence-corrected chi connectivity index (χ3v) is 5.45. The van der Waals surface area contributed by atoms with Gasteiger partial charge in [-0.2, -0.15) is 11.8 Å². The lowest BCUT2D eigenvalue weighted by molar-refractivity contribution is 0.420. The molecule has 0 atom stereocenters. The largest absolute Gasteiger partial charge is 0.512 e. The molecule has 26 heavy (non-hydrogen) atoms. The van der Waals surface area contributed by atoms with Gasteiger partial charge in [0, 0.05) is 11.1 Å². The molecule has 3 heteroatoms. The van der Waals surface area contributed by atoms with Crippen LogP contribution in [0.2, 0.25) is 0 Å². The molecule has 3 rings (SSSR count). The minimum Gasteiger partial charge on any atom is -0.512 e. The van der Waals surface area contributed by atoms with E-state index in [2.05, 4.69) is 55.1 Å². The summed E-state index contributed by atoms with van der Waals surface area (Å²) in [5.74, 6) is 1.95. The Bertz CT molecular complexity index is 875. The standard InChI is InChI=1S/C23H25NOS/c1-18(25)17-26-15-5-8-19-6-4-7-20(16-19)11-13-22-14-12-21-9-2-3-10-23(21)24-22/h2-4,6-7,9-10,12,14,16,25H,1,5,8,11,13,15,17H2. The number of aliphatic hydroxyl groups is 1. The summed E-state index contributed by atoms with van der Waals surface area (Å²) in [6, 6.07) is 21.4. The number of nitrogens with zero attached hydrogens (tertiary/aromatic N) is 1. The number of hydrogen-bond donors (Lipinski definition) is 1. The fourth-order valence-corrected chi connectivity index (χ4v) is 3.76. The van der Waals surface area contributed by atoms with Crippen molar-refractivity contribution in [1.29, 1.82) is 0 Å². The second-order valence-electron chi connectivity index (χ2n) is 6.54. The Balaban J connectivity index is 1.52. The summed E-state index contributed by atoms with van der Waals surface area (Å²) in [4.78, 5) is 4.77. The van der Waals surface area contributed by atoms with Crippen LogP contribution in [0, 0.1) is 0 Å². The van der Waals surface area contributed by atoms with Gasteiger partial charge >= 0.3 is 0 Å². The molecule has 0 bridgehead atoms. The topological polar surface area (TPSA) is 33.1 Å². The Hall–Kier alpha value is -2.26. The van der Waals surface area contributed by atoms with E-state index in [9.17, 15) is 0 Å². The summed E-state index contributed by atoms with van der Waals surface area (Å²) in [6.07, 6.45) is 4.17. The Morgan fingerprint density at radius 2 is 1.73 bits per heavy atom. The van der Waals surface area contributed by atoms with Crippen LogP contribution in [0.1, 0.15) is 23.2 Å². The van der Waals surface area contributed by atoms with Gasteiger partial charge < -0.3 is 5.11 Å². The van der Waals surface area contributed by atoms with Crippen LogP contribution in [0.15, 0.2) is 73.0 Å². The molecule has 0 fully saturated rings. The molecule has 0 amide bonds. The molecule has 0 saturated heterocycles. The fraction of sp³-hybridized carbons (Fsp3) is 0.261. The number of para-hydroxylation sites is 1. The number of aryl methyl sites for hydroxylation is 3. The average Bonchev–Trinajstić information content (AvgIpc) is 2.66. The Labute approximate surface area is 160 Å². The van der Waals surface area contributed by atoms with Crippen LogP contribution in [0.4, 0.5) is 0 Å². The highest BCUT2D eigenvalue weighted by Gasteiger charge is 2.01. The van der Waals surface area contributed by atoms with Crippen molar-refractivity contribution < 1.29 is 5.11 Å². The zero-order valence-electron chi connectivity index (χ0n) is 15.0. The molecular weight excluding hydrogens is 338 g/mol. The predicted octanol–water partition coefficient (Wildman–Crippen LogP) is 5.76. The second kappa shape index (κ2) is 9.44. The van der Waals surface area contributed by atoms with Crippen molar-refractivity contribution in [3.63, 3.8) is 0 Å². The molecular formula is C23H25NOS. The van der Waals surface area contributed by atoms with Gasteiger partial charge in [0.15, 0.2) is 0 Å². The first kappa shape index (κ1) is 18.5. The summed E-state index contributed by atoms with van der Waals surface area (Å²) in [5, 5.41) is 10.3.